The van der Waals surface area contributed by atoms with Crippen LogP contribution in [0.1, 0.15) is 26.2 Å². The van der Waals surface area contributed by atoms with E-state index in [0.29, 0.717) is 6.04 Å². The van der Waals surface area contributed by atoms with Crippen molar-refractivity contribution in [1.82, 2.24) is 5.32 Å². The lowest BCUT2D eigenvalue weighted by Gasteiger charge is -2.15. The minimum atomic E-state index is 0.495. The molecule has 0 aliphatic carbocycles. The van der Waals surface area contributed by atoms with Crippen LogP contribution in [0.25, 0.3) is 0 Å². The average molecular weight is 235 g/mol. The summed E-state index contributed by atoms with van der Waals surface area (Å²) < 4.78 is 11.5. The van der Waals surface area contributed by atoms with Gasteiger partial charge < -0.3 is 14.8 Å². The molecular weight excluding hydrogens is 214 g/mol. The van der Waals surface area contributed by atoms with Crippen LogP contribution < -0.4 is 14.8 Å². The van der Waals surface area contributed by atoms with Crippen molar-refractivity contribution in [3.8, 4) is 11.5 Å². The second kappa shape index (κ2) is 6.50. The number of benzene rings is 1. The minimum Gasteiger partial charge on any atom is -0.490 e. The molecule has 3 heteroatoms. The Morgan fingerprint density at radius 1 is 1.24 bits per heavy atom. The third kappa shape index (κ3) is 3.63. The third-order valence-electron chi connectivity index (χ3n) is 2.91. The quantitative estimate of drug-likeness (QED) is 0.822. The number of ether oxygens (including phenoxy) is 2. The molecule has 17 heavy (non-hydrogen) atoms. The van der Waals surface area contributed by atoms with Crippen molar-refractivity contribution in [2.75, 3.05) is 19.8 Å². The molecule has 1 aliphatic heterocycles. The molecule has 0 bridgehead atoms. The maximum absolute atomic E-state index is 5.83. The molecule has 3 nitrogen and oxygen atoms in total. The summed E-state index contributed by atoms with van der Waals surface area (Å²) >= 11 is 0. The normalized spacial score (nSPS) is 19.2. The van der Waals surface area contributed by atoms with Gasteiger partial charge in [-0.25, -0.2) is 0 Å². The fourth-order valence-corrected chi connectivity index (χ4v) is 1.99. The van der Waals surface area contributed by atoms with Crippen LogP contribution in [-0.4, -0.2) is 25.8 Å². The lowest BCUT2D eigenvalue weighted by atomic mass is 10.2. The zero-order valence-electron chi connectivity index (χ0n) is 10.4. The van der Waals surface area contributed by atoms with E-state index in [9.17, 15) is 0 Å². The fraction of sp³-hybridized carbons (Fsp3) is 0.571. The highest BCUT2D eigenvalue weighted by Crippen LogP contribution is 2.26. The monoisotopic (exact) mass is 235 g/mol. The van der Waals surface area contributed by atoms with E-state index in [4.69, 9.17) is 9.47 Å². The standard InChI is InChI=1S/C14H21NO2/c1-2-10-16-13-7-3-4-8-14(13)17-11-12-6-5-9-15-12/h3-4,7-8,12,15H,2,5-6,9-11H2,1H3/t12-/m1/s1. The van der Waals surface area contributed by atoms with Crippen LogP contribution in [0.5, 0.6) is 11.5 Å². The van der Waals surface area contributed by atoms with Crippen LogP contribution in [0.2, 0.25) is 0 Å². The molecule has 1 fully saturated rings. The Labute approximate surface area is 103 Å². The molecule has 0 aromatic heterocycles. The summed E-state index contributed by atoms with van der Waals surface area (Å²) in [5.74, 6) is 1.71. The summed E-state index contributed by atoms with van der Waals surface area (Å²) in [7, 11) is 0. The van der Waals surface area contributed by atoms with Crippen LogP contribution in [0.3, 0.4) is 0 Å². The number of hydrogen-bond donors (Lipinski definition) is 1. The Hall–Kier alpha value is -1.22. The molecule has 0 radical (unpaired) electrons. The summed E-state index contributed by atoms with van der Waals surface area (Å²) in [5, 5.41) is 3.42. The summed E-state index contributed by atoms with van der Waals surface area (Å²) in [6.45, 7) is 4.68. The zero-order chi connectivity index (χ0) is 11.9. The van der Waals surface area contributed by atoms with E-state index in [0.717, 1.165) is 37.7 Å². The van der Waals surface area contributed by atoms with Gasteiger partial charge in [-0.05, 0) is 37.9 Å². The molecule has 1 saturated heterocycles. The Kier molecular flexibility index (Phi) is 4.68. The number of rotatable bonds is 6. The van der Waals surface area contributed by atoms with Gasteiger partial charge in [0.05, 0.1) is 6.61 Å². The zero-order valence-corrected chi connectivity index (χ0v) is 10.4. The molecule has 1 atom stereocenters. The first kappa shape index (κ1) is 12.2. The second-order valence-electron chi connectivity index (χ2n) is 4.40. The molecular formula is C14H21NO2. The molecule has 0 saturated carbocycles. The Balaban J connectivity index is 1.89. The van der Waals surface area contributed by atoms with Crippen LogP contribution in [0.15, 0.2) is 24.3 Å². The summed E-state index contributed by atoms with van der Waals surface area (Å²) in [5.41, 5.74) is 0. The molecule has 0 unspecified atom stereocenters. The fourth-order valence-electron chi connectivity index (χ4n) is 1.99. The number of nitrogens with one attached hydrogen (secondary N) is 1. The first-order valence-corrected chi connectivity index (χ1v) is 6.48. The third-order valence-corrected chi connectivity index (χ3v) is 2.91. The maximum Gasteiger partial charge on any atom is 0.161 e. The largest absolute Gasteiger partial charge is 0.490 e. The molecule has 2 rings (SSSR count). The molecule has 94 valence electrons. The first-order valence-electron chi connectivity index (χ1n) is 6.48. The number of hydrogen-bond acceptors (Lipinski definition) is 3. The van der Waals surface area contributed by atoms with Gasteiger partial charge in [0.2, 0.25) is 0 Å². The molecule has 1 aromatic rings. The predicted molar refractivity (Wildman–Crippen MR) is 68.7 cm³/mol. The van der Waals surface area contributed by atoms with E-state index in [2.05, 4.69) is 12.2 Å². The molecule has 1 heterocycles. The summed E-state index contributed by atoms with van der Waals surface area (Å²) in [4.78, 5) is 0. The van der Waals surface area contributed by atoms with Crippen molar-refractivity contribution >= 4 is 0 Å². The molecule has 1 N–H and O–H groups in total. The van der Waals surface area contributed by atoms with E-state index in [-0.39, 0.29) is 0 Å². The van der Waals surface area contributed by atoms with Crippen LogP contribution in [-0.2, 0) is 0 Å². The maximum atomic E-state index is 5.83. The Morgan fingerprint density at radius 2 is 2.00 bits per heavy atom. The molecule has 0 amide bonds. The van der Waals surface area contributed by atoms with Crippen molar-refractivity contribution in [2.24, 2.45) is 0 Å². The lowest BCUT2D eigenvalue weighted by Crippen LogP contribution is -2.28. The van der Waals surface area contributed by atoms with Gasteiger partial charge in [0.15, 0.2) is 11.5 Å². The summed E-state index contributed by atoms with van der Waals surface area (Å²) in [6, 6.07) is 8.39. The van der Waals surface area contributed by atoms with E-state index in [1.165, 1.54) is 12.8 Å². The van der Waals surface area contributed by atoms with E-state index in [1.807, 2.05) is 24.3 Å². The highest BCUT2D eigenvalue weighted by atomic mass is 16.5. The Morgan fingerprint density at radius 3 is 2.65 bits per heavy atom. The van der Waals surface area contributed by atoms with Gasteiger partial charge in [-0.3, -0.25) is 0 Å². The topological polar surface area (TPSA) is 30.5 Å². The average Bonchev–Trinajstić information content (AvgIpc) is 2.88. The van der Waals surface area contributed by atoms with Gasteiger partial charge in [0.1, 0.15) is 6.61 Å². The molecule has 1 aromatic carbocycles. The van der Waals surface area contributed by atoms with Crippen molar-refractivity contribution in [2.45, 2.75) is 32.2 Å². The van der Waals surface area contributed by atoms with Crippen LogP contribution in [0.4, 0.5) is 0 Å². The lowest BCUT2D eigenvalue weighted by molar-refractivity contribution is 0.248. The predicted octanol–water partition coefficient (Wildman–Crippen LogP) is 2.61. The van der Waals surface area contributed by atoms with E-state index >= 15 is 0 Å². The van der Waals surface area contributed by atoms with E-state index < -0.39 is 0 Å². The van der Waals surface area contributed by atoms with E-state index in [1.54, 1.807) is 0 Å². The summed E-state index contributed by atoms with van der Waals surface area (Å²) in [6.07, 6.45) is 3.47. The van der Waals surface area contributed by atoms with Gasteiger partial charge in [-0.1, -0.05) is 19.1 Å². The van der Waals surface area contributed by atoms with Gasteiger partial charge in [-0.2, -0.15) is 0 Å². The minimum absolute atomic E-state index is 0.495. The van der Waals surface area contributed by atoms with Crippen LogP contribution >= 0.6 is 0 Å². The number of para-hydroxylation sites is 2. The highest BCUT2D eigenvalue weighted by molar-refractivity contribution is 5.39. The van der Waals surface area contributed by atoms with Crippen molar-refractivity contribution in [3.63, 3.8) is 0 Å². The van der Waals surface area contributed by atoms with Crippen molar-refractivity contribution in [3.05, 3.63) is 24.3 Å². The van der Waals surface area contributed by atoms with Gasteiger partial charge in [0, 0.05) is 6.04 Å². The van der Waals surface area contributed by atoms with Crippen molar-refractivity contribution < 1.29 is 9.47 Å². The van der Waals surface area contributed by atoms with Gasteiger partial charge in [0.25, 0.3) is 0 Å². The van der Waals surface area contributed by atoms with Gasteiger partial charge >= 0.3 is 0 Å². The van der Waals surface area contributed by atoms with Gasteiger partial charge in [-0.15, -0.1) is 0 Å². The van der Waals surface area contributed by atoms with Crippen LogP contribution in [0, 0.1) is 0 Å². The highest BCUT2D eigenvalue weighted by Gasteiger charge is 2.15. The second-order valence-corrected chi connectivity index (χ2v) is 4.40. The first-order chi connectivity index (χ1) is 8.40. The molecule has 1 aliphatic rings. The van der Waals surface area contributed by atoms with Crippen molar-refractivity contribution in [1.29, 1.82) is 0 Å². The SMILES string of the molecule is CCCOc1ccccc1OC[C@H]1CCCN1. The molecule has 0 spiro atoms. The Bertz CT molecular complexity index is 335. The smallest absolute Gasteiger partial charge is 0.161 e.